The number of hydrogen-bond acceptors (Lipinski definition) is 3. The third-order valence-corrected chi connectivity index (χ3v) is 3.66. The van der Waals surface area contributed by atoms with E-state index >= 15 is 0 Å². The number of carboxylic acids is 1. The quantitative estimate of drug-likeness (QED) is 0.806. The van der Waals surface area contributed by atoms with Crippen LogP contribution in [0.5, 0.6) is 0 Å². The highest BCUT2D eigenvalue weighted by atomic mass is 16.4. The van der Waals surface area contributed by atoms with E-state index < -0.39 is 12.0 Å². The van der Waals surface area contributed by atoms with Crippen LogP contribution in [-0.2, 0) is 22.6 Å². The lowest BCUT2D eigenvalue weighted by Gasteiger charge is -2.18. The average molecular weight is 309 g/mol. The molecule has 0 unspecified atom stereocenters. The molecule has 1 heterocycles. The second-order valence-electron chi connectivity index (χ2n) is 6.53. The molecule has 6 nitrogen and oxygen atoms in total. The Morgan fingerprint density at radius 3 is 2.27 bits per heavy atom. The minimum absolute atomic E-state index is 0.159. The predicted molar refractivity (Wildman–Crippen MR) is 84.6 cm³/mol. The normalized spacial score (nSPS) is 12.7. The Kier molecular flexibility index (Phi) is 6.14. The first-order chi connectivity index (χ1) is 10.1. The SMILES string of the molecule is Cc1nn(CC(C)C)c(C)c1CC(=O)N[C@H](C(=O)O)C(C)C. The summed E-state index contributed by atoms with van der Waals surface area (Å²) in [6.07, 6.45) is 0.159. The summed E-state index contributed by atoms with van der Waals surface area (Å²) in [6, 6.07) is -0.862. The number of nitrogens with one attached hydrogen (secondary N) is 1. The Bertz CT molecular complexity index is 547. The lowest BCUT2D eigenvalue weighted by molar-refractivity contribution is -0.143. The highest BCUT2D eigenvalue weighted by Gasteiger charge is 2.24. The molecule has 1 aromatic heterocycles. The molecule has 6 heteroatoms. The number of hydrogen-bond donors (Lipinski definition) is 2. The van der Waals surface area contributed by atoms with Gasteiger partial charge in [-0.25, -0.2) is 4.79 Å². The summed E-state index contributed by atoms with van der Waals surface area (Å²) >= 11 is 0. The maximum absolute atomic E-state index is 12.2. The van der Waals surface area contributed by atoms with E-state index in [0.29, 0.717) is 5.92 Å². The molecule has 0 bridgehead atoms. The smallest absolute Gasteiger partial charge is 0.326 e. The molecular weight excluding hydrogens is 282 g/mol. The minimum Gasteiger partial charge on any atom is -0.480 e. The van der Waals surface area contributed by atoms with Crippen LogP contribution in [0.15, 0.2) is 0 Å². The maximum Gasteiger partial charge on any atom is 0.326 e. The van der Waals surface area contributed by atoms with Gasteiger partial charge in [0.2, 0.25) is 5.91 Å². The van der Waals surface area contributed by atoms with Gasteiger partial charge < -0.3 is 10.4 Å². The van der Waals surface area contributed by atoms with Gasteiger partial charge in [0.15, 0.2) is 0 Å². The summed E-state index contributed by atoms with van der Waals surface area (Å²) < 4.78 is 1.92. The second-order valence-corrected chi connectivity index (χ2v) is 6.53. The summed E-state index contributed by atoms with van der Waals surface area (Å²) in [7, 11) is 0. The number of nitrogens with zero attached hydrogens (tertiary/aromatic N) is 2. The summed E-state index contributed by atoms with van der Waals surface area (Å²) in [5.41, 5.74) is 2.67. The second kappa shape index (κ2) is 7.42. The van der Waals surface area contributed by atoms with Gasteiger partial charge in [0, 0.05) is 17.8 Å². The van der Waals surface area contributed by atoms with Gasteiger partial charge in [0.25, 0.3) is 0 Å². The zero-order valence-corrected chi connectivity index (χ0v) is 14.3. The van der Waals surface area contributed by atoms with E-state index in [0.717, 1.165) is 23.5 Å². The molecule has 0 spiro atoms. The van der Waals surface area contributed by atoms with E-state index in [1.54, 1.807) is 13.8 Å². The first kappa shape index (κ1) is 18.2. The van der Waals surface area contributed by atoms with E-state index in [-0.39, 0.29) is 18.2 Å². The van der Waals surface area contributed by atoms with Crippen LogP contribution >= 0.6 is 0 Å². The Hall–Kier alpha value is -1.85. The molecule has 0 aliphatic heterocycles. The van der Waals surface area contributed by atoms with Crippen molar-refractivity contribution in [3.63, 3.8) is 0 Å². The third-order valence-electron chi connectivity index (χ3n) is 3.66. The number of aryl methyl sites for hydroxylation is 1. The molecule has 2 N–H and O–H groups in total. The van der Waals surface area contributed by atoms with Crippen LogP contribution in [0.1, 0.15) is 44.6 Å². The molecule has 0 aromatic carbocycles. The fraction of sp³-hybridized carbons (Fsp3) is 0.688. The van der Waals surface area contributed by atoms with Crippen LogP contribution in [0.25, 0.3) is 0 Å². The van der Waals surface area contributed by atoms with Crippen LogP contribution in [0.3, 0.4) is 0 Å². The monoisotopic (exact) mass is 309 g/mol. The maximum atomic E-state index is 12.2. The summed E-state index contributed by atoms with van der Waals surface area (Å²) in [4.78, 5) is 23.3. The van der Waals surface area contributed by atoms with Gasteiger partial charge in [-0.2, -0.15) is 5.10 Å². The Balaban J connectivity index is 2.84. The van der Waals surface area contributed by atoms with Gasteiger partial charge in [-0.15, -0.1) is 0 Å². The van der Waals surface area contributed by atoms with Crippen molar-refractivity contribution in [2.75, 3.05) is 0 Å². The molecule has 0 aliphatic rings. The number of carbonyl (C=O) groups is 2. The van der Waals surface area contributed by atoms with E-state index in [1.807, 2.05) is 18.5 Å². The first-order valence-electron chi connectivity index (χ1n) is 7.68. The first-order valence-corrected chi connectivity index (χ1v) is 7.68. The lowest BCUT2D eigenvalue weighted by atomic mass is 10.0. The Morgan fingerprint density at radius 1 is 1.23 bits per heavy atom. The van der Waals surface area contributed by atoms with Gasteiger partial charge >= 0.3 is 5.97 Å². The molecule has 1 aromatic rings. The Morgan fingerprint density at radius 2 is 1.82 bits per heavy atom. The zero-order chi connectivity index (χ0) is 17.0. The molecule has 0 fully saturated rings. The van der Waals surface area contributed by atoms with Crippen molar-refractivity contribution < 1.29 is 14.7 Å². The van der Waals surface area contributed by atoms with Crippen molar-refractivity contribution in [2.24, 2.45) is 11.8 Å². The molecule has 0 saturated heterocycles. The van der Waals surface area contributed by atoms with Crippen LogP contribution in [0.4, 0.5) is 0 Å². The predicted octanol–water partition coefficient (Wildman–Crippen LogP) is 1.92. The van der Waals surface area contributed by atoms with Gasteiger partial charge in [-0.1, -0.05) is 27.7 Å². The molecule has 1 rings (SSSR count). The van der Waals surface area contributed by atoms with Gasteiger partial charge in [0.05, 0.1) is 12.1 Å². The molecule has 1 atom stereocenters. The zero-order valence-electron chi connectivity index (χ0n) is 14.3. The van der Waals surface area contributed by atoms with Crippen LogP contribution in [0.2, 0.25) is 0 Å². The third kappa shape index (κ3) is 4.58. The van der Waals surface area contributed by atoms with Crippen molar-refractivity contribution in [3.8, 4) is 0 Å². The van der Waals surface area contributed by atoms with Crippen LogP contribution < -0.4 is 5.32 Å². The van der Waals surface area contributed by atoms with Gasteiger partial charge in [-0.3, -0.25) is 9.48 Å². The van der Waals surface area contributed by atoms with Crippen LogP contribution in [0, 0.1) is 25.7 Å². The van der Waals surface area contributed by atoms with Crippen molar-refractivity contribution in [2.45, 2.75) is 60.5 Å². The molecule has 0 saturated carbocycles. The number of aromatic nitrogens is 2. The molecule has 0 aliphatic carbocycles. The highest BCUT2D eigenvalue weighted by molar-refractivity contribution is 5.85. The summed E-state index contributed by atoms with van der Waals surface area (Å²) in [5, 5.41) is 16.2. The van der Waals surface area contributed by atoms with Crippen molar-refractivity contribution >= 4 is 11.9 Å². The standard InChI is InChI=1S/C16H27N3O3/c1-9(2)8-19-12(6)13(11(5)18-19)7-14(20)17-15(10(3)4)16(21)22/h9-10,15H,7-8H2,1-6H3,(H,17,20)(H,21,22)/t15-/m0/s1. The molecule has 0 radical (unpaired) electrons. The van der Waals surface area contributed by atoms with E-state index in [4.69, 9.17) is 5.11 Å². The number of aliphatic carboxylic acids is 1. The molecule has 124 valence electrons. The van der Waals surface area contributed by atoms with E-state index in [9.17, 15) is 9.59 Å². The van der Waals surface area contributed by atoms with E-state index in [1.165, 1.54) is 0 Å². The van der Waals surface area contributed by atoms with Gasteiger partial charge in [-0.05, 0) is 25.7 Å². The number of carboxylic acid groups (broad SMARTS) is 1. The largest absolute Gasteiger partial charge is 0.480 e. The van der Waals surface area contributed by atoms with Crippen LogP contribution in [-0.4, -0.2) is 32.8 Å². The topological polar surface area (TPSA) is 84.2 Å². The van der Waals surface area contributed by atoms with E-state index in [2.05, 4.69) is 24.3 Å². The van der Waals surface area contributed by atoms with Crippen molar-refractivity contribution in [3.05, 3.63) is 17.0 Å². The molecule has 22 heavy (non-hydrogen) atoms. The fourth-order valence-electron chi connectivity index (χ4n) is 2.41. The average Bonchev–Trinajstić information content (AvgIpc) is 2.62. The summed E-state index contributed by atoms with van der Waals surface area (Å²) in [5.74, 6) is -0.979. The van der Waals surface area contributed by atoms with Gasteiger partial charge in [0.1, 0.15) is 6.04 Å². The lowest BCUT2D eigenvalue weighted by Crippen LogP contribution is -2.45. The summed E-state index contributed by atoms with van der Waals surface area (Å²) in [6.45, 7) is 12.4. The Labute approximate surface area is 131 Å². The molecular formula is C16H27N3O3. The minimum atomic E-state index is -1.01. The fourth-order valence-corrected chi connectivity index (χ4v) is 2.41. The molecule has 1 amide bonds. The highest BCUT2D eigenvalue weighted by Crippen LogP contribution is 2.15. The number of amides is 1. The number of rotatable bonds is 7. The van der Waals surface area contributed by atoms with Crippen molar-refractivity contribution in [1.82, 2.24) is 15.1 Å². The van der Waals surface area contributed by atoms with Crippen molar-refractivity contribution in [1.29, 1.82) is 0 Å². The number of carbonyl (C=O) groups excluding carboxylic acids is 1.